The van der Waals surface area contributed by atoms with Gasteiger partial charge in [-0.3, -0.25) is 10.7 Å². The number of hydrogen-bond donors (Lipinski definition) is 1. The van der Waals surface area contributed by atoms with Gasteiger partial charge in [0.25, 0.3) is 0 Å². The van der Waals surface area contributed by atoms with Crippen molar-refractivity contribution < 1.29 is 0 Å². The number of rotatable bonds is 0. The van der Waals surface area contributed by atoms with E-state index in [4.69, 9.17) is 5.84 Å². The molecule has 3 heteroatoms. The zero-order valence-electron chi connectivity index (χ0n) is 7.80. The summed E-state index contributed by atoms with van der Waals surface area (Å²) in [4.78, 5) is 2.47. The highest BCUT2D eigenvalue weighted by molar-refractivity contribution is 4.80. The molecule has 0 saturated carbocycles. The summed E-state index contributed by atoms with van der Waals surface area (Å²) in [7, 11) is 0. The van der Waals surface area contributed by atoms with Crippen LogP contribution in [0.4, 0.5) is 0 Å². The van der Waals surface area contributed by atoms with Gasteiger partial charge in [0.05, 0.1) is 0 Å². The fourth-order valence-electron chi connectivity index (χ4n) is 1.39. The van der Waals surface area contributed by atoms with Crippen molar-refractivity contribution in [3.63, 3.8) is 0 Å². The van der Waals surface area contributed by atoms with E-state index in [0.717, 1.165) is 26.2 Å². The van der Waals surface area contributed by atoms with Crippen molar-refractivity contribution in [3.8, 4) is 0 Å². The molecule has 0 bridgehead atoms. The first-order chi connectivity index (χ1) is 5.00. The molecule has 1 aliphatic rings. The minimum Gasteiger partial charge on any atom is -0.296 e. The molecule has 1 fully saturated rings. The van der Waals surface area contributed by atoms with E-state index in [-0.39, 0.29) is 0 Å². The van der Waals surface area contributed by atoms with Gasteiger partial charge >= 0.3 is 0 Å². The summed E-state index contributed by atoms with van der Waals surface area (Å²) in [5.74, 6) is 5.65. The monoisotopic (exact) mass is 157 g/mol. The van der Waals surface area contributed by atoms with Crippen molar-refractivity contribution >= 4 is 0 Å². The highest BCUT2D eigenvalue weighted by Crippen LogP contribution is 2.14. The molecule has 1 rings (SSSR count). The standard InChI is InChI=1S/C8H19N3/c1-8(2,3)10-4-6-11(9)7-5-10/h4-7,9H2,1-3H3. The summed E-state index contributed by atoms with van der Waals surface area (Å²) in [6, 6.07) is 0. The van der Waals surface area contributed by atoms with E-state index < -0.39 is 0 Å². The van der Waals surface area contributed by atoms with Gasteiger partial charge in [0.2, 0.25) is 0 Å². The topological polar surface area (TPSA) is 32.5 Å². The molecule has 0 aromatic carbocycles. The molecule has 0 unspecified atom stereocenters. The fraction of sp³-hybridized carbons (Fsp3) is 1.00. The summed E-state index contributed by atoms with van der Waals surface area (Å²) < 4.78 is 0. The Balaban J connectivity index is 2.39. The molecule has 0 aromatic rings. The van der Waals surface area contributed by atoms with Crippen molar-refractivity contribution in [2.24, 2.45) is 5.84 Å². The van der Waals surface area contributed by atoms with Gasteiger partial charge in [-0.05, 0) is 20.8 Å². The zero-order chi connectivity index (χ0) is 8.48. The van der Waals surface area contributed by atoms with Gasteiger partial charge < -0.3 is 0 Å². The van der Waals surface area contributed by atoms with E-state index in [1.54, 1.807) is 0 Å². The summed E-state index contributed by atoms with van der Waals surface area (Å²) in [5, 5.41) is 1.89. The summed E-state index contributed by atoms with van der Waals surface area (Å²) in [5.41, 5.74) is 0.307. The van der Waals surface area contributed by atoms with Crippen LogP contribution in [0.25, 0.3) is 0 Å². The van der Waals surface area contributed by atoms with E-state index in [0.29, 0.717) is 5.54 Å². The summed E-state index contributed by atoms with van der Waals surface area (Å²) in [6.07, 6.45) is 0. The smallest absolute Gasteiger partial charge is 0.0257 e. The lowest BCUT2D eigenvalue weighted by atomic mass is 10.1. The SMILES string of the molecule is CC(C)(C)N1CCN(N)CC1. The predicted octanol–water partition coefficient (Wildman–Crippen LogP) is 0.276. The molecule has 1 heterocycles. The molecule has 2 N–H and O–H groups in total. The maximum Gasteiger partial charge on any atom is 0.0257 e. The zero-order valence-corrected chi connectivity index (χ0v) is 7.80. The minimum atomic E-state index is 0.307. The Hall–Kier alpha value is -0.120. The second kappa shape index (κ2) is 3.09. The molecule has 66 valence electrons. The Bertz CT molecular complexity index is 120. The van der Waals surface area contributed by atoms with E-state index in [1.807, 2.05) is 5.01 Å². The van der Waals surface area contributed by atoms with Crippen LogP contribution < -0.4 is 5.84 Å². The van der Waals surface area contributed by atoms with Gasteiger partial charge in [-0.2, -0.15) is 0 Å². The predicted molar refractivity (Wildman–Crippen MR) is 47.1 cm³/mol. The number of piperazine rings is 1. The number of nitrogens with two attached hydrogens (primary N) is 1. The van der Waals surface area contributed by atoms with Crippen LogP contribution in [0.3, 0.4) is 0 Å². The third kappa shape index (κ3) is 2.43. The van der Waals surface area contributed by atoms with Crippen molar-refractivity contribution in [2.45, 2.75) is 26.3 Å². The molecule has 1 saturated heterocycles. The van der Waals surface area contributed by atoms with Crippen LogP contribution in [0.2, 0.25) is 0 Å². The lowest BCUT2D eigenvalue weighted by Gasteiger charge is -2.40. The van der Waals surface area contributed by atoms with Crippen LogP contribution >= 0.6 is 0 Å². The third-order valence-electron chi connectivity index (χ3n) is 2.26. The first kappa shape index (κ1) is 8.97. The van der Waals surface area contributed by atoms with Crippen LogP contribution in [-0.2, 0) is 0 Å². The van der Waals surface area contributed by atoms with E-state index in [2.05, 4.69) is 25.7 Å². The highest BCUT2D eigenvalue weighted by Gasteiger charge is 2.24. The Morgan fingerprint density at radius 3 is 1.82 bits per heavy atom. The second-order valence-corrected chi connectivity index (χ2v) is 4.19. The number of nitrogens with zero attached hydrogens (tertiary/aromatic N) is 2. The molecule has 0 radical (unpaired) electrons. The van der Waals surface area contributed by atoms with Gasteiger partial charge in [-0.25, -0.2) is 5.01 Å². The average Bonchev–Trinajstić information content (AvgIpc) is 1.86. The molecule has 0 aliphatic carbocycles. The van der Waals surface area contributed by atoms with Crippen LogP contribution in [0.15, 0.2) is 0 Å². The van der Waals surface area contributed by atoms with Crippen molar-refractivity contribution in [3.05, 3.63) is 0 Å². The van der Waals surface area contributed by atoms with Gasteiger partial charge in [-0.15, -0.1) is 0 Å². The van der Waals surface area contributed by atoms with Crippen molar-refractivity contribution in [2.75, 3.05) is 26.2 Å². The minimum absolute atomic E-state index is 0.307. The molecule has 11 heavy (non-hydrogen) atoms. The Morgan fingerprint density at radius 2 is 1.45 bits per heavy atom. The molecular formula is C8H19N3. The van der Waals surface area contributed by atoms with Crippen molar-refractivity contribution in [1.82, 2.24) is 9.91 Å². The van der Waals surface area contributed by atoms with Crippen LogP contribution in [0.1, 0.15) is 20.8 Å². The van der Waals surface area contributed by atoms with E-state index in [9.17, 15) is 0 Å². The highest BCUT2D eigenvalue weighted by atomic mass is 15.4. The van der Waals surface area contributed by atoms with E-state index >= 15 is 0 Å². The molecule has 0 atom stereocenters. The van der Waals surface area contributed by atoms with Gasteiger partial charge in [0.1, 0.15) is 0 Å². The second-order valence-electron chi connectivity index (χ2n) is 4.19. The number of hydrogen-bond acceptors (Lipinski definition) is 3. The first-order valence-corrected chi connectivity index (χ1v) is 4.25. The summed E-state index contributed by atoms with van der Waals surface area (Å²) >= 11 is 0. The average molecular weight is 157 g/mol. The maximum absolute atomic E-state index is 5.65. The molecule has 0 aromatic heterocycles. The lowest BCUT2D eigenvalue weighted by molar-refractivity contribution is 0.0625. The Kier molecular flexibility index (Phi) is 2.52. The molecule has 3 nitrogen and oxygen atoms in total. The first-order valence-electron chi connectivity index (χ1n) is 4.25. The molecular weight excluding hydrogens is 138 g/mol. The van der Waals surface area contributed by atoms with E-state index in [1.165, 1.54) is 0 Å². The van der Waals surface area contributed by atoms with Crippen LogP contribution in [0.5, 0.6) is 0 Å². The summed E-state index contributed by atoms with van der Waals surface area (Å²) in [6.45, 7) is 10.9. The third-order valence-corrected chi connectivity index (χ3v) is 2.26. The Labute approximate surface area is 69.1 Å². The molecule has 0 spiro atoms. The lowest BCUT2D eigenvalue weighted by Crippen LogP contribution is -2.55. The molecule has 1 aliphatic heterocycles. The largest absolute Gasteiger partial charge is 0.296 e. The normalized spacial score (nSPS) is 24.0. The maximum atomic E-state index is 5.65. The van der Waals surface area contributed by atoms with Crippen molar-refractivity contribution in [1.29, 1.82) is 0 Å². The fourth-order valence-corrected chi connectivity index (χ4v) is 1.39. The van der Waals surface area contributed by atoms with Gasteiger partial charge in [-0.1, -0.05) is 0 Å². The van der Waals surface area contributed by atoms with Gasteiger partial charge in [0, 0.05) is 31.7 Å². The van der Waals surface area contributed by atoms with Crippen LogP contribution in [0, 0.1) is 0 Å². The molecule has 0 amide bonds. The van der Waals surface area contributed by atoms with Crippen LogP contribution in [-0.4, -0.2) is 41.6 Å². The van der Waals surface area contributed by atoms with Gasteiger partial charge in [0.15, 0.2) is 0 Å². The quantitative estimate of drug-likeness (QED) is 0.512. The number of hydrazine groups is 1. The Morgan fingerprint density at radius 1 is 1.00 bits per heavy atom.